The average Bonchev–Trinajstić information content (AvgIpc) is 2.23. The lowest BCUT2D eigenvalue weighted by molar-refractivity contribution is 0.625. The molecule has 2 rings (SSSR count). The third kappa shape index (κ3) is 1.92. The summed E-state index contributed by atoms with van der Waals surface area (Å²) in [4.78, 5) is 3.67. The van der Waals surface area contributed by atoms with E-state index in [9.17, 15) is 4.39 Å². The number of pyridine rings is 1. The van der Waals surface area contributed by atoms with Gasteiger partial charge < -0.3 is 5.73 Å². The van der Waals surface area contributed by atoms with Crippen molar-refractivity contribution >= 4 is 17.3 Å². The topological polar surface area (TPSA) is 38.9 Å². The standard InChI is InChI=1S/C11H8ClFN2/c12-10-2-1-7(14)5-9(10)8-3-4-15-6-11(8)13/h1-6H,14H2. The zero-order chi connectivity index (χ0) is 10.8. The number of nitrogen functional groups attached to an aromatic ring is 1. The van der Waals surface area contributed by atoms with E-state index in [1.54, 1.807) is 24.3 Å². The summed E-state index contributed by atoms with van der Waals surface area (Å²) in [5, 5.41) is 0.467. The Labute approximate surface area is 91.5 Å². The van der Waals surface area contributed by atoms with Crippen LogP contribution in [-0.4, -0.2) is 4.98 Å². The van der Waals surface area contributed by atoms with E-state index in [0.29, 0.717) is 21.8 Å². The predicted octanol–water partition coefficient (Wildman–Crippen LogP) is 3.12. The van der Waals surface area contributed by atoms with Gasteiger partial charge in [-0.05, 0) is 24.3 Å². The van der Waals surface area contributed by atoms with E-state index in [1.165, 1.54) is 6.20 Å². The molecule has 0 spiro atoms. The Morgan fingerprint density at radius 3 is 2.73 bits per heavy atom. The van der Waals surface area contributed by atoms with Crippen LogP contribution in [0.25, 0.3) is 11.1 Å². The maximum atomic E-state index is 13.4. The first-order valence-electron chi connectivity index (χ1n) is 4.33. The summed E-state index contributed by atoms with van der Waals surface area (Å²) in [6.07, 6.45) is 2.66. The van der Waals surface area contributed by atoms with Crippen LogP contribution in [0, 0.1) is 5.82 Å². The zero-order valence-corrected chi connectivity index (χ0v) is 8.50. The highest BCUT2D eigenvalue weighted by molar-refractivity contribution is 6.33. The Balaban J connectivity index is 2.64. The molecule has 1 aromatic carbocycles. The summed E-state index contributed by atoms with van der Waals surface area (Å²) in [6, 6.07) is 6.52. The molecule has 1 heterocycles. The molecular formula is C11H8ClFN2. The highest BCUT2D eigenvalue weighted by atomic mass is 35.5. The van der Waals surface area contributed by atoms with E-state index in [1.807, 2.05) is 0 Å². The van der Waals surface area contributed by atoms with E-state index in [-0.39, 0.29) is 0 Å². The normalized spacial score (nSPS) is 10.3. The van der Waals surface area contributed by atoms with Crippen LogP contribution in [0.2, 0.25) is 5.02 Å². The van der Waals surface area contributed by atoms with Crippen LogP contribution in [0.4, 0.5) is 10.1 Å². The SMILES string of the molecule is Nc1ccc(Cl)c(-c2ccncc2F)c1. The van der Waals surface area contributed by atoms with Crippen molar-refractivity contribution in [1.29, 1.82) is 0 Å². The van der Waals surface area contributed by atoms with Crippen molar-refractivity contribution < 1.29 is 4.39 Å². The van der Waals surface area contributed by atoms with E-state index in [0.717, 1.165) is 6.20 Å². The first-order chi connectivity index (χ1) is 7.18. The van der Waals surface area contributed by atoms with Gasteiger partial charge in [0.1, 0.15) is 5.82 Å². The fourth-order valence-electron chi connectivity index (χ4n) is 1.34. The molecule has 0 aliphatic carbocycles. The third-order valence-corrected chi connectivity index (χ3v) is 2.38. The molecule has 1 aromatic heterocycles. The molecule has 0 fully saturated rings. The Kier molecular flexibility index (Phi) is 2.56. The number of benzene rings is 1. The zero-order valence-electron chi connectivity index (χ0n) is 7.74. The second kappa shape index (κ2) is 3.87. The summed E-state index contributed by atoms with van der Waals surface area (Å²) in [5.41, 5.74) is 7.15. The molecule has 4 heteroatoms. The van der Waals surface area contributed by atoms with Crippen molar-refractivity contribution in [2.24, 2.45) is 0 Å². The minimum absolute atomic E-state index is 0.405. The predicted molar refractivity (Wildman–Crippen MR) is 59.1 cm³/mol. The number of nitrogens with zero attached hydrogens (tertiary/aromatic N) is 1. The second-order valence-corrected chi connectivity index (χ2v) is 3.50. The van der Waals surface area contributed by atoms with Crippen LogP contribution in [0.15, 0.2) is 36.7 Å². The molecule has 0 saturated carbocycles. The van der Waals surface area contributed by atoms with Crippen molar-refractivity contribution in [2.75, 3.05) is 5.73 Å². The Hall–Kier alpha value is -1.61. The Bertz CT molecular complexity index is 500. The Morgan fingerprint density at radius 2 is 2.00 bits per heavy atom. The van der Waals surface area contributed by atoms with Gasteiger partial charge >= 0.3 is 0 Å². The monoisotopic (exact) mass is 222 g/mol. The lowest BCUT2D eigenvalue weighted by atomic mass is 10.1. The minimum Gasteiger partial charge on any atom is -0.399 e. The lowest BCUT2D eigenvalue weighted by Gasteiger charge is -2.06. The number of halogens is 2. The summed E-state index contributed by atoms with van der Waals surface area (Å²) in [5.74, 6) is -0.412. The van der Waals surface area contributed by atoms with Crippen molar-refractivity contribution in [3.63, 3.8) is 0 Å². The Morgan fingerprint density at radius 1 is 1.20 bits per heavy atom. The van der Waals surface area contributed by atoms with E-state index >= 15 is 0 Å². The number of rotatable bonds is 1. The van der Waals surface area contributed by atoms with Crippen LogP contribution >= 0.6 is 11.6 Å². The van der Waals surface area contributed by atoms with E-state index in [4.69, 9.17) is 17.3 Å². The van der Waals surface area contributed by atoms with Gasteiger partial charge in [0.15, 0.2) is 0 Å². The molecule has 0 atom stereocenters. The van der Waals surface area contributed by atoms with Gasteiger partial charge in [-0.2, -0.15) is 0 Å². The summed E-state index contributed by atoms with van der Waals surface area (Å²) >= 11 is 5.96. The quantitative estimate of drug-likeness (QED) is 0.753. The second-order valence-electron chi connectivity index (χ2n) is 3.09. The van der Waals surface area contributed by atoms with Gasteiger partial charge in [0.2, 0.25) is 0 Å². The highest BCUT2D eigenvalue weighted by Crippen LogP contribution is 2.30. The molecule has 2 N–H and O–H groups in total. The summed E-state index contributed by atoms with van der Waals surface area (Å²) < 4.78 is 13.4. The summed E-state index contributed by atoms with van der Waals surface area (Å²) in [6.45, 7) is 0. The van der Waals surface area contributed by atoms with Gasteiger partial charge in [-0.15, -0.1) is 0 Å². The molecule has 2 aromatic rings. The summed E-state index contributed by atoms with van der Waals surface area (Å²) in [7, 11) is 0. The third-order valence-electron chi connectivity index (χ3n) is 2.05. The molecule has 0 bridgehead atoms. The number of anilines is 1. The minimum atomic E-state index is -0.412. The fourth-order valence-corrected chi connectivity index (χ4v) is 1.56. The average molecular weight is 223 g/mol. The number of hydrogen-bond acceptors (Lipinski definition) is 2. The molecule has 0 radical (unpaired) electrons. The molecule has 76 valence electrons. The van der Waals surface area contributed by atoms with Gasteiger partial charge in [0, 0.05) is 28.0 Å². The number of aromatic nitrogens is 1. The van der Waals surface area contributed by atoms with Gasteiger partial charge in [0.25, 0.3) is 0 Å². The van der Waals surface area contributed by atoms with Crippen molar-refractivity contribution in [1.82, 2.24) is 4.98 Å². The smallest absolute Gasteiger partial charge is 0.149 e. The molecule has 0 unspecified atom stereocenters. The van der Waals surface area contributed by atoms with E-state index < -0.39 is 5.82 Å². The van der Waals surface area contributed by atoms with E-state index in [2.05, 4.69) is 4.98 Å². The van der Waals surface area contributed by atoms with Crippen LogP contribution in [0.1, 0.15) is 0 Å². The maximum Gasteiger partial charge on any atom is 0.149 e. The molecule has 0 aliphatic heterocycles. The number of hydrogen-bond donors (Lipinski definition) is 1. The molecule has 0 saturated heterocycles. The largest absolute Gasteiger partial charge is 0.399 e. The van der Waals surface area contributed by atoms with Gasteiger partial charge in [-0.25, -0.2) is 4.39 Å². The van der Waals surface area contributed by atoms with Crippen LogP contribution in [0.3, 0.4) is 0 Å². The van der Waals surface area contributed by atoms with Gasteiger partial charge in [-0.3, -0.25) is 4.98 Å². The van der Waals surface area contributed by atoms with Gasteiger partial charge in [0.05, 0.1) is 6.20 Å². The first-order valence-corrected chi connectivity index (χ1v) is 4.71. The molecule has 15 heavy (non-hydrogen) atoms. The van der Waals surface area contributed by atoms with Crippen molar-refractivity contribution in [3.05, 3.63) is 47.5 Å². The van der Waals surface area contributed by atoms with Crippen LogP contribution in [0.5, 0.6) is 0 Å². The molecular weight excluding hydrogens is 215 g/mol. The van der Waals surface area contributed by atoms with Crippen LogP contribution in [-0.2, 0) is 0 Å². The molecule has 0 aliphatic rings. The molecule has 2 nitrogen and oxygen atoms in total. The van der Waals surface area contributed by atoms with Crippen LogP contribution < -0.4 is 5.73 Å². The molecule has 0 amide bonds. The number of nitrogens with two attached hydrogens (primary N) is 1. The van der Waals surface area contributed by atoms with Gasteiger partial charge in [-0.1, -0.05) is 11.6 Å². The first kappa shape index (κ1) is 9.93. The fraction of sp³-hybridized carbons (Fsp3) is 0. The van der Waals surface area contributed by atoms with Crippen molar-refractivity contribution in [2.45, 2.75) is 0 Å². The van der Waals surface area contributed by atoms with Crippen molar-refractivity contribution in [3.8, 4) is 11.1 Å². The maximum absolute atomic E-state index is 13.4. The lowest BCUT2D eigenvalue weighted by Crippen LogP contribution is -1.89. The highest BCUT2D eigenvalue weighted by Gasteiger charge is 2.08.